The van der Waals surface area contributed by atoms with Gasteiger partial charge in [0.1, 0.15) is 0 Å². The first-order valence-electron chi connectivity index (χ1n) is 3.81. The number of hydrogen-bond donors (Lipinski definition) is 3. The Morgan fingerprint density at radius 1 is 1.45 bits per heavy atom. The molecule has 68 valence electrons. The minimum absolute atomic E-state index is 0.0173. The number of rotatable bonds is 6. The van der Waals surface area contributed by atoms with Crippen LogP contribution < -0.4 is 5.73 Å². The zero-order chi connectivity index (χ0) is 8.69. The summed E-state index contributed by atoms with van der Waals surface area (Å²) in [6, 6.07) is 0.0173. The van der Waals surface area contributed by atoms with E-state index in [-0.39, 0.29) is 24.5 Å². The Labute approximate surface area is 72.0 Å². The van der Waals surface area contributed by atoms with Crippen molar-refractivity contribution in [2.75, 3.05) is 19.0 Å². The second kappa shape index (κ2) is 6.91. The van der Waals surface area contributed by atoms with E-state index in [1.165, 1.54) is 0 Å². The summed E-state index contributed by atoms with van der Waals surface area (Å²) in [4.78, 5) is 0. The number of thioether (sulfide) groups is 1. The van der Waals surface area contributed by atoms with Crippen LogP contribution in [0.25, 0.3) is 0 Å². The molecule has 0 saturated heterocycles. The molecule has 0 fully saturated rings. The molecule has 0 rings (SSSR count). The molecule has 3 nitrogen and oxygen atoms in total. The zero-order valence-electron chi connectivity index (χ0n) is 6.86. The molecular weight excluding hydrogens is 162 g/mol. The van der Waals surface area contributed by atoms with E-state index in [0.29, 0.717) is 0 Å². The molecule has 0 aromatic carbocycles. The van der Waals surface area contributed by atoms with Crippen LogP contribution in [0.3, 0.4) is 0 Å². The fourth-order valence-corrected chi connectivity index (χ4v) is 1.68. The molecule has 0 radical (unpaired) electrons. The van der Waals surface area contributed by atoms with Crippen molar-refractivity contribution >= 4 is 11.8 Å². The van der Waals surface area contributed by atoms with Crippen molar-refractivity contribution in [3.63, 3.8) is 0 Å². The Hall–Kier alpha value is 0.230. The summed E-state index contributed by atoms with van der Waals surface area (Å²) in [7, 11) is 0. The van der Waals surface area contributed by atoms with Gasteiger partial charge in [-0.1, -0.05) is 0 Å². The minimum atomic E-state index is 0.0173. The summed E-state index contributed by atoms with van der Waals surface area (Å²) in [5, 5.41) is 17.4. The lowest BCUT2D eigenvalue weighted by Gasteiger charge is -2.16. The van der Waals surface area contributed by atoms with Crippen LogP contribution in [0.15, 0.2) is 0 Å². The molecule has 2 atom stereocenters. The quantitative estimate of drug-likeness (QED) is 0.494. The van der Waals surface area contributed by atoms with Crippen LogP contribution in [-0.4, -0.2) is 40.5 Å². The summed E-state index contributed by atoms with van der Waals surface area (Å²) in [6.07, 6.45) is 0.772. The van der Waals surface area contributed by atoms with Gasteiger partial charge in [-0.25, -0.2) is 0 Å². The van der Waals surface area contributed by atoms with Gasteiger partial charge in [0.2, 0.25) is 0 Å². The highest BCUT2D eigenvalue weighted by Crippen LogP contribution is 2.13. The van der Waals surface area contributed by atoms with Crippen LogP contribution in [0.2, 0.25) is 0 Å². The average Bonchev–Trinajstić information content (AvgIpc) is 1.97. The molecule has 0 amide bonds. The summed E-state index contributed by atoms with van der Waals surface area (Å²) >= 11 is 1.62. The number of aliphatic hydroxyl groups excluding tert-OH is 2. The largest absolute Gasteiger partial charge is 0.396 e. The summed E-state index contributed by atoms with van der Waals surface area (Å²) in [5.74, 6) is 0.864. The number of nitrogens with two attached hydrogens (primary N) is 1. The van der Waals surface area contributed by atoms with Crippen molar-refractivity contribution < 1.29 is 10.2 Å². The molecule has 0 aliphatic carbocycles. The van der Waals surface area contributed by atoms with E-state index < -0.39 is 0 Å². The van der Waals surface area contributed by atoms with E-state index >= 15 is 0 Å². The lowest BCUT2D eigenvalue weighted by molar-refractivity contribution is 0.284. The van der Waals surface area contributed by atoms with Crippen molar-refractivity contribution in [3.05, 3.63) is 0 Å². The van der Waals surface area contributed by atoms with Gasteiger partial charge in [0, 0.05) is 17.9 Å². The van der Waals surface area contributed by atoms with Gasteiger partial charge in [0.25, 0.3) is 0 Å². The summed E-state index contributed by atoms with van der Waals surface area (Å²) < 4.78 is 0. The van der Waals surface area contributed by atoms with Gasteiger partial charge in [-0.2, -0.15) is 11.8 Å². The van der Waals surface area contributed by atoms with Gasteiger partial charge in [-0.05, 0) is 19.1 Å². The van der Waals surface area contributed by atoms with E-state index in [1.54, 1.807) is 11.8 Å². The van der Waals surface area contributed by atoms with E-state index in [1.807, 2.05) is 6.92 Å². The molecule has 0 saturated carbocycles. The van der Waals surface area contributed by atoms with E-state index in [2.05, 4.69) is 0 Å². The first-order valence-corrected chi connectivity index (χ1v) is 4.86. The Morgan fingerprint density at radius 2 is 2.09 bits per heavy atom. The van der Waals surface area contributed by atoms with Crippen molar-refractivity contribution in [2.24, 2.45) is 5.73 Å². The first kappa shape index (κ1) is 11.2. The van der Waals surface area contributed by atoms with E-state index in [0.717, 1.165) is 12.2 Å². The van der Waals surface area contributed by atoms with E-state index in [9.17, 15) is 0 Å². The fraction of sp³-hybridized carbons (Fsp3) is 1.00. The molecule has 0 bridgehead atoms. The Balaban J connectivity index is 3.36. The summed E-state index contributed by atoms with van der Waals surface area (Å²) in [6.45, 7) is 2.21. The molecule has 11 heavy (non-hydrogen) atoms. The van der Waals surface area contributed by atoms with Crippen molar-refractivity contribution in [1.82, 2.24) is 0 Å². The van der Waals surface area contributed by atoms with Crippen molar-refractivity contribution in [3.8, 4) is 0 Å². The van der Waals surface area contributed by atoms with Gasteiger partial charge < -0.3 is 15.9 Å². The molecular formula is C7H17NO2S. The van der Waals surface area contributed by atoms with Crippen molar-refractivity contribution in [1.29, 1.82) is 0 Å². The van der Waals surface area contributed by atoms with Gasteiger partial charge in [-0.15, -0.1) is 0 Å². The van der Waals surface area contributed by atoms with Gasteiger partial charge >= 0.3 is 0 Å². The highest BCUT2D eigenvalue weighted by Gasteiger charge is 2.11. The standard InChI is InChI=1S/C7H17NO2S/c1-6(8)7(5-10)11-4-2-3-9/h6-7,9-10H,2-5,8H2,1H3. The zero-order valence-corrected chi connectivity index (χ0v) is 7.68. The smallest absolute Gasteiger partial charge is 0.0564 e. The minimum Gasteiger partial charge on any atom is -0.396 e. The molecule has 0 aliphatic heterocycles. The Kier molecular flexibility index (Phi) is 7.06. The highest BCUT2D eigenvalue weighted by molar-refractivity contribution is 7.99. The third kappa shape index (κ3) is 5.49. The first-order chi connectivity index (χ1) is 5.22. The van der Waals surface area contributed by atoms with Crippen LogP contribution in [0.5, 0.6) is 0 Å². The van der Waals surface area contributed by atoms with Crippen LogP contribution in [0.4, 0.5) is 0 Å². The second-order valence-electron chi connectivity index (χ2n) is 2.53. The highest BCUT2D eigenvalue weighted by atomic mass is 32.2. The molecule has 0 aromatic heterocycles. The lowest BCUT2D eigenvalue weighted by Crippen LogP contribution is -2.32. The van der Waals surface area contributed by atoms with Gasteiger partial charge in [0.05, 0.1) is 6.61 Å². The topological polar surface area (TPSA) is 66.5 Å². The third-order valence-corrected chi connectivity index (χ3v) is 2.93. The maximum atomic E-state index is 8.83. The van der Waals surface area contributed by atoms with Crippen LogP contribution in [0.1, 0.15) is 13.3 Å². The van der Waals surface area contributed by atoms with Crippen molar-refractivity contribution in [2.45, 2.75) is 24.6 Å². The van der Waals surface area contributed by atoms with Gasteiger partial charge in [0.15, 0.2) is 0 Å². The van der Waals surface area contributed by atoms with Crippen LogP contribution in [-0.2, 0) is 0 Å². The second-order valence-corrected chi connectivity index (χ2v) is 3.88. The third-order valence-electron chi connectivity index (χ3n) is 1.40. The molecule has 0 aliphatic rings. The maximum Gasteiger partial charge on any atom is 0.0564 e. The number of hydrogen-bond acceptors (Lipinski definition) is 4. The Morgan fingerprint density at radius 3 is 2.45 bits per heavy atom. The molecule has 2 unspecified atom stereocenters. The Bertz CT molecular complexity index is 90.5. The molecule has 0 spiro atoms. The molecule has 4 N–H and O–H groups in total. The molecule has 0 heterocycles. The molecule has 0 aromatic rings. The monoisotopic (exact) mass is 179 g/mol. The lowest BCUT2D eigenvalue weighted by atomic mass is 10.3. The predicted molar refractivity (Wildman–Crippen MR) is 48.7 cm³/mol. The van der Waals surface area contributed by atoms with Gasteiger partial charge in [-0.3, -0.25) is 0 Å². The average molecular weight is 179 g/mol. The van der Waals surface area contributed by atoms with Crippen LogP contribution in [0, 0.1) is 0 Å². The molecule has 4 heteroatoms. The van der Waals surface area contributed by atoms with Crippen LogP contribution >= 0.6 is 11.8 Å². The van der Waals surface area contributed by atoms with E-state index in [4.69, 9.17) is 15.9 Å². The summed E-state index contributed by atoms with van der Waals surface area (Å²) in [5.41, 5.74) is 5.59. The predicted octanol–water partition coefficient (Wildman–Crippen LogP) is -0.190. The fourth-order valence-electron chi connectivity index (χ4n) is 0.670. The number of aliphatic hydroxyl groups is 2. The maximum absolute atomic E-state index is 8.83. The SMILES string of the molecule is CC(N)C(CO)SCCCO. The normalized spacial score (nSPS) is 16.4.